The Morgan fingerprint density at radius 3 is 2.05 bits per heavy atom. The summed E-state index contributed by atoms with van der Waals surface area (Å²) < 4.78 is 39.5. The maximum absolute atomic E-state index is 12.8. The molecule has 0 amide bonds. The first-order valence-electron chi connectivity index (χ1n) is 7.05. The topological polar surface area (TPSA) is 42.7 Å². The number of halogens is 3. The van der Waals surface area contributed by atoms with Gasteiger partial charge >= 0.3 is 6.18 Å². The Labute approximate surface area is 127 Å². The van der Waals surface area contributed by atoms with Crippen molar-refractivity contribution in [1.29, 1.82) is 0 Å². The number of nitrogens with one attached hydrogen (secondary N) is 1. The summed E-state index contributed by atoms with van der Waals surface area (Å²) in [5.41, 5.74) is 2.05. The third-order valence-electron chi connectivity index (χ3n) is 3.56. The Morgan fingerprint density at radius 1 is 1.05 bits per heavy atom. The van der Waals surface area contributed by atoms with Gasteiger partial charge in [-0.3, -0.25) is 0 Å². The normalized spacial score (nSPS) is 13.5. The number of alkyl halides is 3. The molecule has 0 aliphatic carbocycles. The van der Waals surface area contributed by atoms with E-state index < -0.39 is 12.0 Å². The van der Waals surface area contributed by atoms with Gasteiger partial charge in [0.1, 0.15) is 0 Å². The summed E-state index contributed by atoms with van der Waals surface area (Å²) in [7, 11) is 1.52. The van der Waals surface area contributed by atoms with E-state index in [9.17, 15) is 13.2 Å². The molecular formula is C15H19F3N4. The second-order valence-corrected chi connectivity index (χ2v) is 5.45. The summed E-state index contributed by atoms with van der Waals surface area (Å²) >= 11 is 0. The van der Waals surface area contributed by atoms with Crippen LogP contribution in [0.3, 0.4) is 0 Å². The monoisotopic (exact) mass is 312 g/mol. The van der Waals surface area contributed by atoms with Crippen LogP contribution in [0.4, 0.5) is 19.1 Å². The van der Waals surface area contributed by atoms with Crippen molar-refractivity contribution in [2.75, 3.05) is 12.4 Å². The lowest BCUT2D eigenvalue weighted by molar-refractivity contribution is -0.145. The van der Waals surface area contributed by atoms with Crippen molar-refractivity contribution in [1.82, 2.24) is 14.8 Å². The van der Waals surface area contributed by atoms with Crippen LogP contribution in [0.5, 0.6) is 0 Å². The zero-order valence-electron chi connectivity index (χ0n) is 12.9. The SMILES string of the molecule is CNc1nc(C(F)(F)F)nn1C(C)c1ccc(C(C)C)cc1. The van der Waals surface area contributed by atoms with Crippen molar-refractivity contribution in [3.8, 4) is 0 Å². The number of benzene rings is 1. The Balaban J connectivity index is 2.36. The molecule has 1 aromatic heterocycles. The lowest BCUT2D eigenvalue weighted by Gasteiger charge is -2.15. The molecule has 22 heavy (non-hydrogen) atoms. The maximum atomic E-state index is 12.8. The van der Waals surface area contributed by atoms with Crippen molar-refractivity contribution in [3.63, 3.8) is 0 Å². The van der Waals surface area contributed by atoms with Crippen LogP contribution >= 0.6 is 0 Å². The van der Waals surface area contributed by atoms with E-state index in [1.165, 1.54) is 17.3 Å². The van der Waals surface area contributed by atoms with Crippen LogP contribution in [0.1, 0.15) is 49.7 Å². The molecule has 2 aromatic rings. The minimum atomic E-state index is -4.56. The molecule has 1 aromatic carbocycles. The van der Waals surface area contributed by atoms with Crippen molar-refractivity contribution in [3.05, 3.63) is 41.2 Å². The quantitative estimate of drug-likeness (QED) is 0.925. The molecule has 1 heterocycles. The average Bonchev–Trinajstić information content (AvgIpc) is 2.90. The van der Waals surface area contributed by atoms with Crippen LogP contribution in [-0.4, -0.2) is 21.8 Å². The fourth-order valence-corrected chi connectivity index (χ4v) is 2.18. The Morgan fingerprint density at radius 2 is 1.59 bits per heavy atom. The summed E-state index contributed by atoms with van der Waals surface area (Å²) in [5.74, 6) is -0.643. The fraction of sp³-hybridized carbons (Fsp3) is 0.467. The van der Waals surface area contributed by atoms with Crippen LogP contribution in [-0.2, 0) is 6.18 Å². The highest BCUT2D eigenvalue weighted by atomic mass is 19.4. The van der Waals surface area contributed by atoms with E-state index in [0.29, 0.717) is 5.92 Å². The van der Waals surface area contributed by atoms with Gasteiger partial charge in [-0.1, -0.05) is 38.1 Å². The summed E-state index contributed by atoms with van der Waals surface area (Å²) in [4.78, 5) is 3.51. The minimum absolute atomic E-state index is 0.0905. The molecule has 0 spiro atoms. The first-order chi connectivity index (χ1) is 10.2. The van der Waals surface area contributed by atoms with Gasteiger partial charge in [-0.15, -0.1) is 5.10 Å². The lowest BCUT2D eigenvalue weighted by atomic mass is 10.00. The van der Waals surface area contributed by atoms with Crippen LogP contribution in [0, 0.1) is 0 Å². The van der Waals surface area contributed by atoms with Gasteiger partial charge < -0.3 is 5.32 Å². The van der Waals surface area contributed by atoms with E-state index in [1.807, 2.05) is 24.3 Å². The summed E-state index contributed by atoms with van der Waals surface area (Å²) in [6.07, 6.45) is -4.56. The number of aromatic nitrogens is 3. The number of hydrogen-bond acceptors (Lipinski definition) is 3. The molecule has 0 bridgehead atoms. The highest BCUT2D eigenvalue weighted by molar-refractivity contribution is 5.31. The predicted molar refractivity (Wildman–Crippen MR) is 78.9 cm³/mol. The maximum Gasteiger partial charge on any atom is 0.453 e. The lowest BCUT2D eigenvalue weighted by Crippen LogP contribution is -2.13. The van der Waals surface area contributed by atoms with Gasteiger partial charge in [0.15, 0.2) is 0 Å². The van der Waals surface area contributed by atoms with Crippen LogP contribution in [0.2, 0.25) is 0 Å². The largest absolute Gasteiger partial charge is 0.453 e. The summed E-state index contributed by atoms with van der Waals surface area (Å²) in [6.45, 7) is 5.97. The first-order valence-corrected chi connectivity index (χ1v) is 7.05. The highest BCUT2D eigenvalue weighted by Gasteiger charge is 2.37. The molecule has 0 aliphatic heterocycles. The van der Waals surface area contributed by atoms with E-state index in [2.05, 4.69) is 29.2 Å². The molecule has 2 rings (SSSR count). The van der Waals surface area contributed by atoms with Crippen molar-refractivity contribution < 1.29 is 13.2 Å². The number of anilines is 1. The molecule has 120 valence electrons. The third kappa shape index (κ3) is 3.23. The van der Waals surface area contributed by atoms with E-state index in [0.717, 1.165) is 5.56 Å². The minimum Gasteiger partial charge on any atom is -0.357 e. The number of hydrogen-bond donors (Lipinski definition) is 1. The molecule has 0 saturated heterocycles. The molecule has 0 radical (unpaired) electrons. The van der Waals surface area contributed by atoms with Crippen molar-refractivity contribution in [2.24, 2.45) is 0 Å². The van der Waals surface area contributed by atoms with Crippen LogP contribution < -0.4 is 5.32 Å². The van der Waals surface area contributed by atoms with Gasteiger partial charge in [0.2, 0.25) is 5.95 Å². The molecule has 1 N–H and O–H groups in total. The average molecular weight is 312 g/mol. The zero-order valence-corrected chi connectivity index (χ0v) is 12.9. The van der Waals surface area contributed by atoms with E-state index in [-0.39, 0.29) is 12.0 Å². The van der Waals surface area contributed by atoms with Gasteiger partial charge in [0.25, 0.3) is 5.82 Å². The summed E-state index contributed by atoms with van der Waals surface area (Å²) in [6, 6.07) is 7.43. The molecule has 0 aliphatic rings. The van der Waals surface area contributed by atoms with Gasteiger partial charge in [0.05, 0.1) is 6.04 Å². The van der Waals surface area contributed by atoms with Gasteiger partial charge in [0, 0.05) is 7.05 Å². The van der Waals surface area contributed by atoms with E-state index >= 15 is 0 Å². The second-order valence-electron chi connectivity index (χ2n) is 5.45. The molecule has 1 unspecified atom stereocenters. The Bertz CT molecular complexity index is 629. The second kappa shape index (κ2) is 5.98. The smallest absolute Gasteiger partial charge is 0.357 e. The summed E-state index contributed by atoms with van der Waals surface area (Å²) in [5, 5.41) is 6.26. The zero-order chi connectivity index (χ0) is 16.5. The molecule has 4 nitrogen and oxygen atoms in total. The fourth-order valence-electron chi connectivity index (χ4n) is 2.18. The van der Waals surface area contributed by atoms with Crippen molar-refractivity contribution >= 4 is 5.95 Å². The van der Waals surface area contributed by atoms with Gasteiger partial charge in [-0.05, 0) is 24.0 Å². The molecular weight excluding hydrogens is 293 g/mol. The molecule has 1 atom stereocenters. The van der Waals surface area contributed by atoms with Gasteiger partial charge in [-0.2, -0.15) is 18.2 Å². The van der Waals surface area contributed by atoms with E-state index in [4.69, 9.17) is 0 Å². The Kier molecular flexibility index (Phi) is 4.44. The van der Waals surface area contributed by atoms with Crippen LogP contribution in [0.25, 0.3) is 0 Å². The number of rotatable bonds is 4. The number of nitrogens with zero attached hydrogens (tertiary/aromatic N) is 3. The highest BCUT2D eigenvalue weighted by Crippen LogP contribution is 2.30. The third-order valence-corrected chi connectivity index (χ3v) is 3.56. The van der Waals surface area contributed by atoms with E-state index in [1.54, 1.807) is 6.92 Å². The van der Waals surface area contributed by atoms with Crippen LogP contribution in [0.15, 0.2) is 24.3 Å². The van der Waals surface area contributed by atoms with Gasteiger partial charge in [-0.25, -0.2) is 4.68 Å². The van der Waals surface area contributed by atoms with Crippen molar-refractivity contribution in [2.45, 2.75) is 38.9 Å². The molecule has 7 heteroatoms. The molecule has 0 fully saturated rings. The first kappa shape index (κ1) is 16.3. The predicted octanol–water partition coefficient (Wildman–Crippen LogP) is 4.07. The standard InChI is InChI=1S/C15H19F3N4/c1-9(2)11-5-7-12(8-6-11)10(3)22-14(19-4)20-13(21-22)15(16,17)18/h5-10H,1-4H3,(H,19,20,21). The Hall–Kier alpha value is -2.05. The molecule has 0 saturated carbocycles.